The zero-order chi connectivity index (χ0) is 21.6. The van der Waals surface area contributed by atoms with Crippen molar-refractivity contribution in [2.45, 2.75) is 76.5 Å². The Morgan fingerprint density at radius 1 is 1.27 bits per heavy atom. The van der Waals surface area contributed by atoms with E-state index in [4.69, 9.17) is 9.47 Å². The highest BCUT2D eigenvalue weighted by atomic mass is 79.9. The molecule has 0 radical (unpaired) electrons. The predicted molar refractivity (Wildman–Crippen MR) is 124 cm³/mol. The van der Waals surface area contributed by atoms with E-state index in [1.165, 1.54) is 12.0 Å². The summed E-state index contributed by atoms with van der Waals surface area (Å²) < 4.78 is 14.2. The van der Waals surface area contributed by atoms with Gasteiger partial charge in [0.15, 0.2) is 0 Å². The lowest BCUT2D eigenvalue weighted by atomic mass is 9.44. The van der Waals surface area contributed by atoms with Gasteiger partial charge in [-0.25, -0.2) is 0 Å². The maximum absolute atomic E-state index is 12.5. The van der Waals surface area contributed by atoms with Gasteiger partial charge in [0.25, 0.3) is 5.91 Å². The Balaban J connectivity index is 1.74. The molecular formula is C24H31Br2NO3. The first-order valence-electron chi connectivity index (χ1n) is 11.0. The van der Waals surface area contributed by atoms with Gasteiger partial charge in [-0.2, -0.15) is 0 Å². The standard InChI is InChI=1S/C24H31Br2NO3/c1-12-6-7-17-22(2,3)20(26)16(29-5)10-24(17)23(12,4)9-13-8-15(25)18-14(19(13)30-24)11-27-21(18)28/h8,12,16-17,20H,6-7,9-11H2,1-5H3,(H,27,28)/t12-,16+,17-,20-,23+,24-/m0/s1. The van der Waals surface area contributed by atoms with Crippen LogP contribution in [0.2, 0.25) is 0 Å². The number of methoxy groups -OCH3 is 1. The van der Waals surface area contributed by atoms with Crippen LogP contribution in [-0.2, 0) is 17.7 Å². The van der Waals surface area contributed by atoms with Gasteiger partial charge >= 0.3 is 0 Å². The molecule has 4 nitrogen and oxygen atoms in total. The van der Waals surface area contributed by atoms with E-state index >= 15 is 0 Å². The Labute approximate surface area is 196 Å². The average Bonchev–Trinajstić information content (AvgIpc) is 3.07. The third-order valence-corrected chi connectivity index (χ3v) is 11.5. The first-order valence-corrected chi connectivity index (χ1v) is 12.8. The maximum Gasteiger partial charge on any atom is 0.253 e. The van der Waals surface area contributed by atoms with Crippen molar-refractivity contribution in [1.29, 1.82) is 0 Å². The summed E-state index contributed by atoms with van der Waals surface area (Å²) in [6.07, 6.45) is 4.31. The number of halogens is 2. The van der Waals surface area contributed by atoms with Crippen LogP contribution in [-0.4, -0.2) is 29.5 Å². The van der Waals surface area contributed by atoms with Gasteiger partial charge in [0.2, 0.25) is 0 Å². The van der Waals surface area contributed by atoms with Crippen LogP contribution in [0, 0.1) is 22.7 Å². The third-order valence-electron chi connectivity index (χ3n) is 9.15. The molecule has 30 heavy (non-hydrogen) atoms. The molecule has 0 aromatic heterocycles. The number of fused-ring (bicyclic) bond motifs is 3. The fraction of sp³-hybridized carbons (Fsp3) is 0.708. The fourth-order valence-corrected chi connectivity index (χ4v) is 8.63. The summed E-state index contributed by atoms with van der Waals surface area (Å²) in [7, 11) is 1.82. The molecule has 0 bridgehead atoms. The molecule has 2 fully saturated rings. The number of ether oxygens (including phenoxy) is 2. The highest BCUT2D eigenvalue weighted by Gasteiger charge is 2.69. The Kier molecular flexibility index (Phi) is 4.75. The van der Waals surface area contributed by atoms with Crippen molar-refractivity contribution < 1.29 is 14.3 Å². The molecule has 2 heterocycles. The summed E-state index contributed by atoms with van der Waals surface area (Å²) >= 11 is 7.66. The minimum atomic E-state index is -0.306. The SMILES string of the molecule is CO[C@@H]1C[C@@]23Oc4c(cc(Br)c5c4CNC5=O)C[C@]2(C)[C@@H](C)CC[C@H]3C(C)(C)[C@H]1Br. The summed E-state index contributed by atoms with van der Waals surface area (Å²) in [6.45, 7) is 10.1. The Morgan fingerprint density at radius 3 is 2.70 bits per heavy atom. The Hall–Kier alpha value is -0.590. The lowest BCUT2D eigenvalue weighted by Gasteiger charge is -2.68. The average molecular weight is 541 g/mol. The van der Waals surface area contributed by atoms with Crippen molar-refractivity contribution in [3.8, 4) is 5.75 Å². The van der Waals surface area contributed by atoms with E-state index in [1.807, 2.05) is 7.11 Å². The molecule has 1 N–H and O–H groups in total. The third kappa shape index (κ3) is 2.50. The van der Waals surface area contributed by atoms with E-state index in [9.17, 15) is 4.79 Å². The second kappa shape index (κ2) is 6.71. The predicted octanol–water partition coefficient (Wildman–Crippen LogP) is 5.63. The zero-order valence-corrected chi connectivity index (χ0v) is 21.6. The lowest BCUT2D eigenvalue weighted by molar-refractivity contribution is -0.229. The van der Waals surface area contributed by atoms with Crippen molar-refractivity contribution in [3.63, 3.8) is 0 Å². The molecular weight excluding hydrogens is 510 g/mol. The van der Waals surface area contributed by atoms with Crippen LogP contribution in [0.15, 0.2) is 10.5 Å². The molecule has 2 aliphatic heterocycles. The number of nitrogens with one attached hydrogen (secondary N) is 1. The normalized spacial score (nSPS) is 41.1. The molecule has 2 saturated carbocycles. The van der Waals surface area contributed by atoms with E-state index < -0.39 is 0 Å². The Bertz CT molecular complexity index is 932. The Morgan fingerprint density at radius 2 is 2.00 bits per heavy atom. The smallest absolute Gasteiger partial charge is 0.253 e. The number of rotatable bonds is 1. The molecule has 2 aliphatic carbocycles. The fourth-order valence-electron chi connectivity index (χ4n) is 7.21. The van der Waals surface area contributed by atoms with Crippen molar-refractivity contribution in [2.24, 2.45) is 22.7 Å². The maximum atomic E-state index is 12.5. The molecule has 1 spiro atoms. The van der Waals surface area contributed by atoms with Gasteiger partial charge < -0.3 is 14.8 Å². The number of carbonyl (C=O) groups excluding carboxylic acids is 1. The molecule has 1 aromatic rings. The molecule has 5 rings (SSSR count). The molecule has 1 aromatic carbocycles. The van der Waals surface area contributed by atoms with Gasteiger partial charge in [-0.05, 0) is 58.2 Å². The molecule has 0 unspecified atom stereocenters. The van der Waals surface area contributed by atoms with Crippen molar-refractivity contribution >= 4 is 37.8 Å². The molecule has 6 heteroatoms. The van der Waals surface area contributed by atoms with Crippen LogP contribution in [0.3, 0.4) is 0 Å². The van der Waals surface area contributed by atoms with Crippen LogP contribution in [0.5, 0.6) is 5.75 Å². The summed E-state index contributed by atoms with van der Waals surface area (Å²) in [5, 5.41) is 3.00. The molecule has 1 amide bonds. The van der Waals surface area contributed by atoms with Gasteiger partial charge in [-0.1, -0.05) is 43.6 Å². The van der Waals surface area contributed by atoms with Gasteiger partial charge in [0.1, 0.15) is 11.4 Å². The summed E-state index contributed by atoms with van der Waals surface area (Å²) in [6, 6.07) is 2.13. The van der Waals surface area contributed by atoms with Crippen molar-refractivity contribution in [1.82, 2.24) is 5.32 Å². The zero-order valence-electron chi connectivity index (χ0n) is 18.4. The van der Waals surface area contributed by atoms with Crippen LogP contribution < -0.4 is 10.1 Å². The molecule has 0 saturated heterocycles. The quantitative estimate of drug-likeness (QED) is 0.470. The number of hydrogen-bond donors (Lipinski definition) is 1. The van der Waals surface area contributed by atoms with Gasteiger partial charge in [0, 0.05) is 46.3 Å². The molecule has 4 aliphatic rings. The van der Waals surface area contributed by atoms with Crippen LogP contribution in [0.1, 0.15) is 68.4 Å². The largest absolute Gasteiger partial charge is 0.486 e. The second-order valence-electron chi connectivity index (χ2n) is 10.7. The van der Waals surface area contributed by atoms with E-state index in [0.29, 0.717) is 18.4 Å². The van der Waals surface area contributed by atoms with Gasteiger partial charge in [0.05, 0.1) is 11.7 Å². The minimum absolute atomic E-state index is 0.00776. The first-order chi connectivity index (χ1) is 14.1. The lowest BCUT2D eigenvalue weighted by Crippen LogP contribution is -2.72. The first kappa shape index (κ1) is 21.3. The van der Waals surface area contributed by atoms with E-state index in [2.05, 4.69) is 70.9 Å². The number of amides is 1. The van der Waals surface area contributed by atoms with E-state index in [0.717, 1.165) is 40.6 Å². The van der Waals surface area contributed by atoms with E-state index in [1.54, 1.807) is 0 Å². The number of hydrogen-bond acceptors (Lipinski definition) is 3. The number of alkyl halides is 1. The highest BCUT2D eigenvalue weighted by Crippen LogP contribution is 2.67. The second-order valence-corrected chi connectivity index (χ2v) is 12.5. The number of carbonyl (C=O) groups is 1. The monoisotopic (exact) mass is 539 g/mol. The number of benzene rings is 1. The summed E-state index contributed by atoms with van der Waals surface area (Å²) in [5.41, 5.74) is 2.72. The van der Waals surface area contributed by atoms with Crippen LogP contribution in [0.25, 0.3) is 0 Å². The van der Waals surface area contributed by atoms with Crippen molar-refractivity contribution in [2.75, 3.05) is 7.11 Å². The summed E-state index contributed by atoms with van der Waals surface area (Å²) in [5.74, 6) is 1.90. The van der Waals surface area contributed by atoms with Crippen LogP contribution >= 0.6 is 31.9 Å². The van der Waals surface area contributed by atoms with Crippen LogP contribution in [0.4, 0.5) is 0 Å². The highest BCUT2D eigenvalue weighted by molar-refractivity contribution is 9.10. The topological polar surface area (TPSA) is 47.6 Å². The summed E-state index contributed by atoms with van der Waals surface area (Å²) in [4.78, 5) is 12.8. The minimum Gasteiger partial charge on any atom is -0.486 e. The van der Waals surface area contributed by atoms with Crippen molar-refractivity contribution in [3.05, 3.63) is 27.2 Å². The van der Waals surface area contributed by atoms with Gasteiger partial charge in [-0.15, -0.1) is 0 Å². The molecule has 6 atom stereocenters. The van der Waals surface area contributed by atoms with E-state index in [-0.39, 0.29) is 33.3 Å². The molecule has 164 valence electrons. The van der Waals surface area contributed by atoms with Gasteiger partial charge in [-0.3, -0.25) is 4.79 Å².